The number of morpholine rings is 1. The Morgan fingerprint density at radius 2 is 2.00 bits per heavy atom. The van der Waals surface area contributed by atoms with Gasteiger partial charge in [-0.25, -0.2) is 4.98 Å². The SMILES string of the molecule is Cc1cc(Nc2nc(O[C@H]3CC[C@H](N4CCOCC4)CC3)c3sccc3n2)sn1. The molecule has 29 heavy (non-hydrogen) atoms. The normalized spacial score (nSPS) is 23.3. The summed E-state index contributed by atoms with van der Waals surface area (Å²) in [4.78, 5) is 11.9. The summed E-state index contributed by atoms with van der Waals surface area (Å²) in [6.07, 6.45) is 4.69. The molecule has 3 aromatic rings. The molecule has 0 unspecified atom stereocenters. The van der Waals surface area contributed by atoms with Crippen molar-refractivity contribution in [2.45, 2.75) is 44.8 Å². The van der Waals surface area contributed by atoms with Crippen molar-refractivity contribution in [1.82, 2.24) is 19.2 Å². The lowest BCUT2D eigenvalue weighted by Crippen LogP contribution is -2.46. The van der Waals surface area contributed by atoms with Crippen LogP contribution in [0, 0.1) is 6.92 Å². The van der Waals surface area contributed by atoms with Crippen molar-refractivity contribution in [3.63, 3.8) is 0 Å². The first-order valence-electron chi connectivity index (χ1n) is 10.2. The minimum atomic E-state index is 0.214. The minimum absolute atomic E-state index is 0.214. The summed E-state index contributed by atoms with van der Waals surface area (Å²) in [5.41, 5.74) is 1.91. The van der Waals surface area contributed by atoms with E-state index in [9.17, 15) is 0 Å². The van der Waals surface area contributed by atoms with Crippen molar-refractivity contribution in [2.75, 3.05) is 31.6 Å². The largest absolute Gasteiger partial charge is 0.473 e. The topological polar surface area (TPSA) is 72.4 Å². The number of hydrogen-bond acceptors (Lipinski definition) is 9. The lowest BCUT2D eigenvalue weighted by atomic mass is 9.91. The molecule has 0 atom stereocenters. The summed E-state index contributed by atoms with van der Waals surface area (Å²) in [6.45, 7) is 5.83. The number of aromatic nitrogens is 3. The van der Waals surface area contributed by atoms with Gasteiger partial charge in [0.1, 0.15) is 15.8 Å². The van der Waals surface area contributed by atoms with Gasteiger partial charge in [0.15, 0.2) is 0 Å². The number of aryl methyl sites for hydroxylation is 1. The lowest BCUT2D eigenvalue weighted by Gasteiger charge is -2.38. The van der Waals surface area contributed by atoms with Crippen LogP contribution in [-0.4, -0.2) is 57.7 Å². The summed E-state index contributed by atoms with van der Waals surface area (Å²) < 4.78 is 17.2. The monoisotopic (exact) mass is 431 g/mol. The van der Waals surface area contributed by atoms with Crippen LogP contribution in [0.2, 0.25) is 0 Å². The van der Waals surface area contributed by atoms with Gasteiger partial charge in [0.2, 0.25) is 11.8 Å². The number of hydrogen-bond donors (Lipinski definition) is 1. The lowest BCUT2D eigenvalue weighted by molar-refractivity contribution is -0.00123. The van der Waals surface area contributed by atoms with Crippen LogP contribution in [0.1, 0.15) is 31.4 Å². The van der Waals surface area contributed by atoms with Gasteiger partial charge in [-0.1, -0.05) is 0 Å². The number of nitrogens with zero attached hydrogens (tertiary/aromatic N) is 4. The Morgan fingerprint density at radius 3 is 2.76 bits per heavy atom. The molecule has 2 aliphatic rings. The Hall–Kier alpha value is -1.81. The van der Waals surface area contributed by atoms with Gasteiger partial charge in [-0.15, -0.1) is 11.3 Å². The van der Waals surface area contributed by atoms with Crippen LogP contribution in [0.5, 0.6) is 5.88 Å². The van der Waals surface area contributed by atoms with Crippen LogP contribution >= 0.6 is 22.9 Å². The van der Waals surface area contributed by atoms with Crippen molar-refractivity contribution >= 4 is 44.0 Å². The molecule has 3 aromatic heterocycles. The van der Waals surface area contributed by atoms with Crippen LogP contribution in [0.15, 0.2) is 17.5 Å². The second-order valence-corrected chi connectivity index (χ2v) is 9.36. The Kier molecular flexibility index (Phi) is 5.63. The Labute approximate surface area is 178 Å². The molecule has 1 N–H and O–H groups in total. The number of rotatable bonds is 5. The van der Waals surface area contributed by atoms with Crippen molar-refractivity contribution in [2.24, 2.45) is 0 Å². The van der Waals surface area contributed by atoms with Gasteiger partial charge >= 0.3 is 0 Å². The molecule has 4 heterocycles. The van der Waals surface area contributed by atoms with Crippen molar-refractivity contribution < 1.29 is 9.47 Å². The average molecular weight is 432 g/mol. The standard InChI is InChI=1S/C20H25N5O2S2/c1-13-12-17(29-24-13)22-20-21-16-6-11-28-18(16)19(23-20)27-15-4-2-14(3-5-15)25-7-9-26-10-8-25/h6,11-12,14-15H,2-5,7-10H2,1H3,(H,21,22,23)/t14-,15-. The highest BCUT2D eigenvalue weighted by atomic mass is 32.1. The molecule has 0 spiro atoms. The van der Waals surface area contributed by atoms with Crippen molar-refractivity contribution in [3.8, 4) is 5.88 Å². The highest BCUT2D eigenvalue weighted by Crippen LogP contribution is 2.34. The zero-order chi connectivity index (χ0) is 19.6. The maximum atomic E-state index is 6.41. The van der Waals surface area contributed by atoms with Gasteiger partial charge < -0.3 is 14.8 Å². The maximum absolute atomic E-state index is 6.41. The Bertz CT molecular complexity index is 961. The number of nitrogens with one attached hydrogen (secondary N) is 1. The van der Waals surface area contributed by atoms with Gasteiger partial charge in [-0.3, -0.25) is 4.90 Å². The minimum Gasteiger partial charge on any atom is -0.473 e. The molecule has 0 bridgehead atoms. The maximum Gasteiger partial charge on any atom is 0.236 e. The molecule has 1 aliphatic carbocycles. The van der Waals surface area contributed by atoms with Gasteiger partial charge in [0.25, 0.3) is 0 Å². The zero-order valence-electron chi connectivity index (χ0n) is 16.5. The molecule has 1 saturated heterocycles. The van der Waals surface area contributed by atoms with Crippen LogP contribution in [0.3, 0.4) is 0 Å². The van der Waals surface area contributed by atoms with E-state index in [4.69, 9.17) is 14.5 Å². The predicted octanol–water partition coefficient (Wildman–Crippen LogP) is 4.22. The molecule has 0 radical (unpaired) electrons. The Morgan fingerprint density at radius 1 is 1.17 bits per heavy atom. The average Bonchev–Trinajstić information content (AvgIpc) is 3.38. The van der Waals surface area contributed by atoms with Gasteiger partial charge in [-0.05, 0) is 61.7 Å². The van der Waals surface area contributed by atoms with E-state index < -0.39 is 0 Å². The second-order valence-electron chi connectivity index (χ2n) is 7.64. The molecule has 154 valence electrons. The fourth-order valence-electron chi connectivity index (χ4n) is 4.13. The molecule has 1 aliphatic heterocycles. The highest BCUT2D eigenvalue weighted by molar-refractivity contribution is 7.17. The van der Waals surface area contributed by atoms with Gasteiger partial charge in [0.05, 0.1) is 24.4 Å². The van der Waals surface area contributed by atoms with E-state index in [2.05, 4.69) is 19.6 Å². The van der Waals surface area contributed by atoms with Crippen LogP contribution in [-0.2, 0) is 4.74 Å². The first-order chi connectivity index (χ1) is 14.2. The predicted molar refractivity (Wildman–Crippen MR) is 117 cm³/mol. The molecule has 0 amide bonds. The van der Waals surface area contributed by atoms with Gasteiger partial charge in [-0.2, -0.15) is 9.36 Å². The summed E-state index contributed by atoms with van der Waals surface area (Å²) in [5.74, 6) is 1.26. The van der Waals surface area contributed by atoms with E-state index in [-0.39, 0.29) is 6.10 Å². The highest BCUT2D eigenvalue weighted by Gasteiger charge is 2.28. The van der Waals surface area contributed by atoms with E-state index in [1.807, 2.05) is 24.4 Å². The molecule has 1 saturated carbocycles. The molecule has 0 aromatic carbocycles. The van der Waals surface area contributed by atoms with Crippen LogP contribution < -0.4 is 10.1 Å². The van der Waals surface area contributed by atoms with E-state index in [1.165, 1.54) is 24.4 Å². The van der Waals surface area contributed by atoms with Gasteiger partial charge in [0, 0.05) is 19.1 Å². The fourth-order valence-corrected chi connectivity index (χ4v) is 5.55. The van der Waals surface area contributed by atoms with Crippen molar-refractivity contribution in [3.05, 3.63) is 23.2 Å². The third-order valence-electron chi connectivity index (χ3n) is 5.62. The number of fused-ring (bicyclic) bond motifs is 1. The first kappa shape index (κ1) is 19.2. The summed E-state index contributed by atoms with van der Waals surface area (Å²) in [7, 11) is 0. The number of thiophene rings is 1. The third kappa shape index (κ3) is 4.37. The molecule has 5 rings (SSSR count). The summed E-state index contributed by atoms with van der Waals surface area (Å²) in [6, 6.07) is 4.68. The van der Waals surface area contributed by atoms with E-state index in [0.29, 0.717) is 17.9 Å². The fraction of sp³-hybridized carbons (Fsp3) is 0.550. The number of ether oxygens (including phenoxy) is 2. The van der Waals surface area contributed by atoms with E-state index in [0.717, 1.165) is 60.1 Å². The van der Waals surface area contributed by atoms with E-state index >= 15 is 0 Å². The molecule has 9 heteroatoms. The molecule has 2 fully saturated rings. The zero-order valence-corrected chi connectivity index (χ0v) is 18.1. The summed E-state index contributed by atoms with van der Waals surface area (Å²) >= 11 is 3.05. The Balaban J connectivity index is 1.28. The molecule has 7 nitrogen and oxygen atoms in total. The smallest absolute Gasteiger partial charge is 0.236 e. The van der Waals surface area contributed by atoms with Crippen LogP contribution in [0.4, 0.5) is 10.9 Å². The third-order valence-corrected chi connectivity index (χ3v) is 7.31. The summed E-state index contributed by atoms with van der Waals surface area (Å²) in [5, 5.41) is 6.26. The quantitative estimate of drug-likeness (QED) is 0.648. The van der Waals surface area contributed by atoms with Crippen molar-refractivity contribution in [1.29, 1.82) is 0 Å². The first-order valence-corrected chi connectivity index (χ1v) is 11.8. The number of anilines is 2. The van der Waals surface area contributed by atoms with Crippen LogP contribution in [0.25, 0.3) is 10.2 Å². The molecular weight excluding hydrogens is 406 g/mol. The van der Waals surface area contributed by atoms with E-state index in [1.54, 1.807) is 11.3 Å². The second kappa shape index (κ2) is 8.51. The molecular formula is C20H25N5O2S2.